The molecule has 6 rings (SSSR count). The molecule has 0 radical (unpaired) electrons. The van der Waals surface area contributed by atoms with Crippen molar-refractivity contribution in [3.8, 4) is 0 Å². The fraction of sp³-hybridized carbons (Fsp3) is 0.829. The van der Waals surface area contributed by atoms with Crippen LogP contribution in [0, 0.1) is 29.1 Å². The van der Waals surface area contributed by atoms with Crippen LogP contribution in [0.15, 0.2) is 30.3 Å². The van der Waals surface area contributed by atoms with Crippen molar-refractivity contribution in [2.45, 2.75) is 147 Å². The normalized spacial score (nSPS) is 43.6. The summed E-state index contributed by atoms with van der Waals surface area (Å²) in [6, 6.07) is 10.7. The Kier molecular flexibility index (Phi) is 7.69. The van der Waals surface area contributed by atoms with Gasteiger partial charge in [0.15, 0.2) is 14.1 Å². The molecule has 9 unspecified atom stereocenters. The minimum absolute atomic E-state index is 0.0229. The number of methoxy groups -OCH3 is 1. The SMILES string of the molecule is COC12CCCCC1C1OC(C)(C)OC1C1C2C(OCc2ccccc2)C[C@]2(C)C(O[Si](C)(C)C(C)(C)C)CCC12. The highest BCUT2D eigenvalue weighted by Crippen LogP contribution is 2.68. The average Bonchev–Trinajstić information content (AvgIpc) is 3.41. The van der Waals surface area contributed by atoms with E-state index >= 15 is 0 Å². The Hall–Kier alpha value is -0.763. The zero-order valence-electron chi connectivity index (χ0n) is 27.2. The van der Waals surface area contributed by atoms with Crippen molar-refractivity contribution in [1.82, 2.24) is 0 Å². The lowest BCUT2D eigenvalue weighted by molar-refractivity contribution is -0.272. The van der Waals surface area contributed by atoms with E-state index < -0.39 is 14.1 Å². The molecule has 1 aliphatic heterocycles. The molecule has 5 aliphatic rings. The summed E-state index contributed by atoms with van der Waals surface area (Å²) in [5.41, 5.74) is 1.02. The summed E-state index contributed by atoms with van der Waals surface area (Å²) in [7, 11) is 0.0183. The highest BCUT2D eigenvalue weighted by Gasteiger charge is 2.72. The maximum Gasteiger partial charge on any atom is 0.192 e. The Morgan fingerprint density at radius 1 is 0.927 bits per heavy atom. The molecule has 1 aromatic rings. The molecule has 230 valence electrons. The molecule has 1 aromatic carbocycles. The van der Waals surface area contributed by atoms with E-state index in [1.807, 2.05) is 7.11 Å². The second-order valence-corrected chi connectivity index (χ2v) is 21.0. The van der Waals surface area contributed by atoms with E-state index in [1.165, 1.54) is 24.8 Å². The molecule has 10 atom stereocenters. The lowest BCUT2D eigenvalue weighted by Crippen LogP contribution is -2.71. The van der Waals surface area contributed by atoms with Crippen molar-refractivity contribution in [3.05, 3.63) is 35.9 Å². The highest BCUT2D eigenvalue weighted by molar-refractivity contribution is 6.74. The first-order valence-electron chi connectivity index (χ1n) is 16.5. The Morgan fingerprint density at radius 3 is 2.32 bits per heavy atom. The van der Waals surface area contributed by atoms with E-state index in [-0.39, 0.29) is 46.4 Å². The lowest BCUT2D eigenvalue weighted by atomic mass is 9.46. The summed E-state index contributed by atoms with van der Waals surface area (Å²) < 4.78 is 35.0. The molecule has 0 bridgehead atoms. The van der Waals surface area contributed by atoms with E-state index in [0.717, 1.165) is 25.7 Å². The lowest BCUT2D eigenvalue weighted by Gasteiger charge is -2.64. The van der Waals surface area contributed by atoms with Crippen LogP contribution in [0.5, 0.6) is 0 Å². The molecular formula is C35H56O5Si. The smallest absolute Gasteiger partial charge is 0.192 e. The third-order valence-corrected chi connectivity index (χ3v) is 17.1. The standard InChI is InChI=1S/C35H56O5Si/c1-32(2,3)41(8,9)40-27-19-18-24-28-29(26(21-34(24,27)6)37-22-23-15-11-10-12-16-23)35(36-7)20-14-13-17-25(35)30-31(28)39-33(4,5)38-30/h10-12,15-16,24-31H,13-14,17-22H2,1-9H3/t24?,25?,26?,27?,28?,29?,30?,31?,34-,35?/m0/s1. The Labute approximate surface area is 250 Å². The first-order chi connectivity index (χ1) is 19.2. The molecule has 0 N–H and O–H groups in total. The van der Waals surface area contributed by atoms with Gasteiger partial charge < -0.3 is 23.4 Å². The average molecular weight is 585 g/mol. The largest absolute Gasteiger partial charge is 0.413 e. The number of ether oxygens (including phenoxy) is 4. The van der Waals surface area contributed by atoms with E-state index in [2.05, 4.69) is 85.0 Å². The summed E-state index contributed by atoms with van der Waals surface area (Å²) in [5.74, 6) is 0.861. The van der Waals surface area contributed by atoms with E-state index in [9.17, 15) is 0 Å². The van der Waals surface area contributed by atoms with Crippen LogP contribution in [-0.2, 0) is 30.0 Å². The van der Waals surface area contributed by atoms with Crippen LogP contribution >= 0.6 is 0 Å². The quantitative estimate of drug-likeness (QED) is 0.316. The topological polar surface area (TPSA) is 46.2 Å². The van der Waals surface area contributed by atoms with Gasteiger partial charge in [0.2, 0.25) is 0 Å². The minimum atomic E-state index is -1.95. The van der Waals surface area contributed by atoms with E-state index in [0.29, 0.717) is 24.4 Å². The predicted octanol–water partition coefficient (Wildman–Crippen LogP) is 8.12. The van der Waals surface area contributed by atoms with Gasteiger partial charge in [-0.25, -0.2) is 0 Å². The molecule has 4 saturated carbocycles. The van der Waals surface area contributed by atoms with Crippen molar-refractivity contribution in [2.75, 3.05) is 7.11 Å². The Balaban J connectivity index is 1.43. The zero-order chi connectivity index (χ0) is 29.4. The van der Waals surface area contributed by atoms with Gasteiger partial charge in [-0.05, 0) is 86.9 Å². The molecule has 5 nitrogen and oxygen atoms in total. The van der Waals surface area contributed by atoms with Crippen LogP contribution in [-0.4, -0.2) is 51.2 Å². The molecular weight excluding hydrogens is 528 g/mol. The Bertz CT molecular complexity index is 1080. The van der Waals surface area contributed by atoms with Gasteiger partial charge in [-0.15, -0.1) is 0 Å². The number of benzene rings is 1. The molecule has 6 heteroatoms. The van der Waals surface area contributed by atoms with Crippen LogP contribution in [0.3, 0.4) is 0 Å². The van der Waals surface area contributed by atoms with Gasteiger partial charge in [-0.2, -0.15) is 0 Å². The molecule has 5 fully saturated rings. The first-order valence-corrected chi connectivity index (χ1v) is 19.4. The summed E-state index contributed by atoms with van der Waals surface area (Å²) in [4.78, 5) is 0. The zero-order valence-corrected chi connectivity index (χ0v) is 28.2. The predicted molar refractivity (Wildman–Crippen MR) is 165 cm³/mol. The van der Waals surface area contributed by atoms with Crippen molar-refractivity contribution in [2.24, 2.45) is 29.1 Å². The number of hydrogen-bond acceptors (Lipinski definition) is 5. The van der Waals surface area contributed by atoms with Crippen LogP contribution in [0.1, 0.15) is 92.1 Å². The van der Waals surface area contributed by atoms with E-state index in [4.69, 9.17) is 23.4 Å². The number of hydrogen-bond donors (Lipinski definition) is 0. The van der Waals surface area contributed by atoms with Gasteiger partial charge in [0, 0.05) is 18.9 Å². The summed E-state index contributed by atoms with van der Waals surface area (Å²) in [6.07, 6.45) is 8.45. The van der Waals surface area contributed by atoms with Gasteiger partial charge in [-0.3, -0.25) is 0 Å². The number of fused-ring (bicyclic) bond motifs is 8. The van der Waals surface area contributed by atoms with Crippen molar-refractivity contribution >= 4 is 8.32 Å². The summed E-state index contributed by atoms with van der Waals surface area (Å²) in [6.45, 7) is 19.3. The monoisotopic (exact) mass is 584 g/mol. The molecule has 41 heavy (non-hydrogen) atoms. The first kappa shape index (κ1) is 30.3. The van der Waals surface area contributed by atoms with Gasteiger partial charge in [-0.1, -0.05) is 70.9 Å². The molecule has 1 saturated heterocycles. The second kappa shape index (κ2) is 10.4. The third kappa shape index (κ3) is 4.91. The van der Waals surface area contributed by atoms with Gasteiger partial charge in [0.1, 0.15) is 0 Å². The molecule has 0 amide bonds. The van der Waals surface area contributed by atoms with Gasteiger partial charge in [0.05, 0.1) is 36.6 Å². The van der Waals surface area contributed by atoms with Crippen molar-refractivity contribution in [3.63, 3.8) is 0 Å². The van der Waals surface area contributed by atoms with Crippen LogP contribution in [0.25, 0.3) is 0 Å². The van der Waals surface area contributed by atoms with Gasteiger partial charge in [0.25, 0.3) is 0 Å². The van der Waals surface area contributed by atoms with Crippen LogP contribution in [0.4, 0.5) is 0 Å². The van der Waals surface area contributed by atoms with Crippen molar-refractivity contribution < 1.29 is 23.4 Å². The summed E-state index contributed by atoms with van der Waals surface area (Å²) >= 11 is 0. The molecule has 0 spiro atoms. The van der Waals surface area contributed by atoms with E-state index in [1.54, 1.807) is 0 Å². The fourth-order valence-corrected chi connectivity index (χ4v) is 11.3. The van der Waals surface area contributed by atoms with Gasteiger partial charge >= 0.3 is 0 Å². The molecule has 1 heterocycles. The van der Waals surface area contributed by atoms with Crippen LogP contribution < -0.4 is 0 Å². The number of rotatable bonds is 6. The fourth-order valence-electron chi connectivity index (χ4n) is 9.81. The molecule has 4 aliphatic carbocycles. The molecule has 0 aromatic heterocycles. The maximum absolute atomic E-state index is 7.32. The van der Waals surface area contributed by atoms with Crippen LogP contribution in [0.2, 0.25) is 18.1 Å². The Morgan fingerprint density at radius 2 is 1.63 bits per heavy atom. The highest BCUT2D eigenvalue weighted by atomic mass is 28.4. The maximum atomic E-state index is 7.32. The summed E-state index contributed by atoms with van der Waals surface area (Å²) in [5, 5.41) is 0.180. The third-order valence-electron chi connectivity index (χ3n) is 12.6. The minimum Gasteiger partial charge on any atom is -0.413 e. The van der Waals surface area contributed by atoms with Crippen molar-refractivity contribution in [1.29, 1.82) is 0 Å². The second-order valence-electron chi connectivity index (χ2n) is 16.3.